The standard InChI is InChI=1S/C14H22N2.C13H20N2O.C2H6/c1-4-12-6-5-7-13(15-12)14(2)8-10-16(3)11-9-14;1-2-12-6-5-11(8-14-12)9-15-7-3-4-13(16)10-15;1-2/h5-7H,4,8-11H2,1-3H3;5-6,8,13,16H,2-4,7,9-10H2,1H3;1-2H3. The topological polar surface area (TPSA) is 52.5 Å². The summed E-state index contributed by atoms with van der Waals surface area (Å²) in [5.74, 6) is 0. The van der Waals surface area contributed by atoms with Gasteiger partial charge in [0.25, 0.3) is 0 Å². The Morgan fingerprint density at radius 3 is 2.29 bits per heavy atom. The summed E-state index contributed by atoms with van der Waals surface area (Å²) in [6.45, 7) is 15.8. The molecule has 2 saturated heterocycles. The summed E-state index contributed by atoms with van der Waals surface area (Å²) in [7, 11) is 2.20. The molecule has 0 bridgehead atoms. The van der Waals surface area contributed by atoms with E-state index < -0.39 is 0 Å². The molecule has 5 heteroatoms. The zero-order valence-corrected chi connectivity index (χ0v) is 22.6. The number of piperidine rings is 2. The van der Waals surface area contributed by atoms with Crippen molar-refractivity contribution in [2.45, 2.75) is 91.2 Å². The molecule has 2 aliphatic heterocycles. The highest BCUT2D eigenvalue weighted by molar-refractivity contribution is 5.20. The Kier molecular flexibility index (Phi) is 12.2. The van der Waals surface area contributed by atoms with Crippen LogP contribution in [-0.2, 0) is 24.8 Å². The molecule has 4 rings (SSSR count). The van der Waals surface area contributed by atoms with Gasteiger partial charge >= 0.3 is 0 Å². The third kappa shape index (κ3) is 8.75. The fourth-order valence-electron chi connectivity index (χ4n) is 4.57. The third-order valence-corrected chi connectivity index (χ3v) is 7.01. The summed E-state index contributed by atoms with van der Waals surface area (Å²) >= 11 is 0. The molecule has 34 heavy (non-hydrogen) atoms. The third-order valence-electron chi connectivity index (χ3n) is 7.01. The molecule has 5 nitrogen and oxygen atoms in total. The number of aryl methyl sites for hydroxylation is 2. The molecule has 0 spiro atoms. The average molecular weight is 469 g/mol. The molecule has 0 aliphatic carbocycles. The Morgan fingerprint density at radius 1 is 1.00 bits per heavy atom. The molecule has 2 aromatic rings. The molecular formula is C29H48N4O. The summed E-state index contributed by atoms with van der Waals surface area (Å²) in [4.78, 5) is 13.9. The molecule has 190 valence electrons. The van der Waals surface area contributed by atoms with Gasteiger partial charge in [-0.25, -0.2) is 0 Å². The van der Waals surface area contributed by atoms with Gasteiger partial charge in [0.15, 0.2) is 0 Å². The Balaban J connectivity index is 0.000000224. The van der Waals surface area contributed by atoms with Crippen molar-refractivity contribution in [1.82, 2.24) is 19.8 Å². The zero-order valence-electron chi connectivity index (χ0n) is 22.6. The SMILES string of the molecule is CC.CCc1ccc(CN2CCCC(O)C2)cn1.CCc1cccc(C2(C)CCN(C)CC2)n1. The first kappa shape index (κ1) is 28.4. The Bertz CT molecular complexity index is 815. The highest BCUT2D eigenvalue weighted by Gasteiger charge is 2.31. The summed E-state index contributed by atoms with van der Waals surface area (Å²) in [5, 5.41) is 9.58. The van der Waals surface area contributed by atoms with E-state index in [1.807, 2.05) is 20.0 Å². The van der Waals surface area contributed by atoms with Crippen LogP contribution >= 0.6 is 0 Å². The monoisotopic (exact) mass is 468 g/mol. The Labute approximate surface area is 208 Å². The second-order valence-corrected chi connectivity index (χ2v) is 9.77. The summed E-state index contributed by atoms with van der Waals surface area (Å²) in [5.41, 5.74) is 5.18. The minimum Gasteiger partial charge on any atom is -0.392 e. The molecule has 1 unspecified atom stereocenters. The van der Waals surface area contributed by atoms with Crippen LogP contribution < -0.4 is 0 Å². The second-order valence-electron chi connectivity index (χ2n) is 9.77. The number of likely N-dealkylation sites (tertiary alicyclic amines) is 2. The van der Waals surface area contributed by atoms with Crippen molar-refractivity contribution in [1.29, 1.82) is 0 Å². The van der Waals surface area contributed by atoms with Crippen LogP contribution in [0.5, 0.6) is 0 Å². The smallest absolute Gasteiger partial charge is 0.0667 e. The molecule has 0 amide bonds. The number of hydrogen-bond acceptors (Lipinski definition) is 5. The number of nitrogens with zero attached hydrogens (tertiary/aromatic N) is 4. The number of rotatable bonds is 5. The second kappa shape index (κ2) is 14.6. The molecule has 0 radical (unpaired) electrons. The molecule has 2 aliphatic rings. The largest absolute Gasteiger partial charge is 0.392 e. The van der Waals surface area contributed by atoms with E-state index >= 15 is 0 Å². The number of aromatic nitrogens is 2. The molecule has 0 saturated carbocycles. The molecule has 1 atom stereocenters. The van der Waals surface area contributed by atoms with E-state index in [2.05, 4.69) is 72.9 Å². The maximum Gasteiger partial charge on any atom is 0.0667 e. The van der Waals surface area contributed by atoms with Gasteiger partial charge in [-0.1, -0.05) is 46.8 Å². The fourth-order valence-corrected chi connectivity index (χ4v) is 4.57. The highest BCUT2D eigenvalue weighted by Crippen LogP contribution is 2.33. The lowest BCUT2D eigenvalue weighted by Gasteiger charge is -2.37. The molecule has 2 fully saturated rings. The van der Waals surface area contributed by atoms with Gasteiger partial charge in [0.1, 0.15) is 0 Å². The van der Waals surface area contributed by atoms with E-state index in [9.17, 15) is 5.11 Å². The normalized spacial score (nSPS) is 20.5. The first-order valence-corrected chi connectivity index (χ1v) is 13.4. The van der Waals surface area contributed by atoms with Crippen molar-refractivity contribution in [2.75, 3.05) is 33.2 Å². The maximum atomic E-state index is 9.58. The molecule has 0 aromatic carbocycles. The van der Waals surface area contributed by atoms with Gasteiger partial charge in [0.2, 0.25) is 0 Å². The Hall–Kier alpha value is -1.82. The summed E-state index contributed by atoms with van der Waals surface area (Å²) < 4.78 is 0. The van der Waals surface area contributed by atoms with E-state index in [1.54, 1.807) is 0 Å². The quantitative estimate of drug-likeness (QED) is 0.649. The van der Waals surface area contributed by atoms with Crippen LogP contribution in [0.2, 0.25) is 0 Å². The number of aliphatic hydroxyl groups excluding tert-OH is 1. The Morgan fingerprint density at radius 2 is 1.71 bits per heavy atom. The van der Waals surface area contributed by atoms with Gasteiger partial charge in [-0.15, -0.1) is 0 Å². The van der Waals surface area contributed by atoms with Gasteiger partial charge in [-0.05, 0) is 89.0 Å². The van der Waals surface area contributed by atoms with Crippen molar-refractivity contribution in [3.05, 3.63) is 59.2 Å². The molecule has 1 N–H and O–H groups in total. The van der Waals surface area contributed by atoms with Crippen LogP contribution in [0.15, 0.2) is 36.5 Å². The van der Waals surface area contributed by atoms with E-state index in [0.29, 0.717) is 0 Å². The van der Waals surface area contributed by atoms with Crippen LogP contribution in [0, 0.1) is 0 Å². The van der Waals surface area contributed by atoms with Crippen LogP contribution in [0.25, 0.3) is 0 Å². The minimum absolute atomic E-state index is 0.142. The number of hydrogen-bond donors (Lipinski definition) is 1. The van der Waals surface area contributed by atoms with Gasteiger partial charge in [0, 0.05) is 41.8 Å². The predicted molar refractivity (Wildman–Crippen MR) is 143 cm³/mol. The van der Waals surface area contributed by atoms with Crippen molar-refractivity contribution >= 4 is 0 Å². The first-order valence-electron chi connectivity index (χ1n) is 13.4. The van der Waals surface area contributed by atoms with Crippen LogP contribution in [0.3, 0.4) is 0 Å². The lowest BCUT2D eigenvalue weighted by Crippen LogP contribution is -2.39. The van der Waals surface area contributed by atoms with Crippen molar-refractivity contribution in [3.63, 3.8) is 0 Å². The minimum atomic E-state index is -0.142. The summed E-state index contributed by atoms with van der Waals surface area (Å²) in [6.07, 6.45) is 8.34. The van der Waals surface area contributed by atoms with Crippen LogP contribution in [0.4, 0.5) is 0 Å². The number of pyridine rings is 2. The van der Waals surface area contributed by atoms with Crippen molar-refractivity contribution < 1.29 is 5.11 Å². The van der Waals surface area contributed by atoms with E-state index in [1.165, 1.54) is 42.9 Å². The van der Waals surface area contributed by atoms with Crippen LogP contribution in [0.1, 0.15) is 82.9 Å². The van der Waals surface area contributed by atoms with Crippen molar-refractivity contribution in [2.24, 2.45) is 0 Å². The number of β-amino-alcohol motifs (C(OH)–C–C–N with tert-alkyl or cyclic N) is 1. The van der Waals surface area contributed by atoms with Gasteiger partial charge in [-0.2, -0.15) is 0 Å². The maximum absolute atomic E-state index is 9.58. The zero-order chi connectivity index (χ0) is 25.0. The van der Waals surface area contributed by atoms with E-state index in [4.69, 9.17) is 4.98 Å². The van der Waals surface area contributed by atoms with Gasteiger partial charge in [-0.3, -0.25) is 14.9 Å². The molecular weight excluding hydrogens is 420 g/mol. The predicted octanol–water partition coefficient (Wildman–Crippen LogP) is 5.25. The lowest BCUT2D eigenvalue weighted by molar-refractivity contribution is 0.0668. The van der Waals surface area contributed by atoms with E-state index in [0.717, 1.165) is 51.0 Å². The molecule has 4 heterocycles. The molecule has 2 aromatic heterocycles. The van der Waals surface area contributed by atoms with Crippen molar-refractivity contribution in [3.8, 4) is 0 Å². The fraction of sp³-hybridized carbons (Fsp3) is 0.655. The van der Waals surface area contributed by atoms with Gasteiger partial charge < -0.3 is 10.0 Å². The number of aliphatic hydroxyl groups is 1. The summed E-state index contributed by atoms with van der Waals surface area (Å²) in [6, 6.07) is 10.7. The lowest BCUT2D eigenvalue weighted by atomic mass is 9.77. The van der Waals surface area contributed by atoms with Gasteiger partial charge in [0.05, 0.1) is 6.10 Å². The van der Waals surface area contributed by atoms with Crippen LogP contribution in [-0.4, -0.2) is 64.2 Å². The first-order chi connectivity index (χ1) is 16.4. The highest BCUT2D eigenvalue weighted by atomic mass is 16.3. The van der Waals surface area contributed by atoms with E-state index in [-0.39, 0.29) is 11.5 Å². The average Bonchev–Trinajstić information content (AvgIpc) is 2.88.